The number of ether oxygens (including phenoxy) is 1. The Morgan fingerprint density at radius 2 is 1.62 bits per heavy atom. The third-order valence-corrected chi connectivity index (χ3v) is 15.1. The topological polar surface area (TPSA) is 204 Å². The number of thiazole rings is 1. The second-order valence-corrected chi connectivity index (χ2v) is 20.4. The van der Waals surface area contributed by atoms with E-state index >= 15 is 0 Å². The lowest BCUT2D eigenvalue weighted by Gasteiger charge is -2.35. The Hall–Kier alpha value is -6.46. The summed E-state index contributed by atoms with van der Waals surface area (Å²) in [5.74, 6) is -0.395. The van der Waals surface area contributed by atoms with E-state index < -0.39 is 18.1 Å². The highest BCUT2D eigenvalue weighted by atomic mass is 32.1. The number of amides is 6. The van der Waals surface area contributed by atoms with E-state index in [-0.39, 0.29) is 60.7 Å². The number of anilines is 2. The van der Waals surface area contributed by atoms with Crippen molar-refractivity contribution in [3.63, 3.8) is 0 Å². The molecule has 0 unspecified atom stereocenters. The van der Waals surface area contributed by atoms with E-state index in [1.54, 1.807) is 50.2 Å². The van der Waals surface area contributed by atoms with Gasteiger partial charge in [0.15, 0.2) is 5.13 Å². The Morgan fingerprint density at radius 3 is 2.36 bits per heavy atom. The summed E-state index contributed by atoms with van der Waals surface area (Å²) >= 11 is 1.14. The Kier molecular flexibility index (Phi) is 19.5. The number of methoxy groups -OCH3 is 1. The molecule has 3 fully saturated rings. The fourth-order valence-electron chi connectivity index (χ4n) is 9.85. The zero-order valence-corrected chi connectivity index (χ0v) is 43.0. The number of likely N-dealkylation sites (N-methyl/N-ethyl adjacent to an activating group) is 2. The second kappa shape index (κ2) is 26.3. The number of carbonyl (C=O) groups excluding carboxylic acids is 6. The number of nitrogens with one attached hydrogen (secondary N) is 5. The molecule has 0 bridgehead atoms. The number of pyridine rings is 1. The number of benzene rings is 2. The molecule has 16 nitrogen and oxygen atoms in total. The van der Waals surface area contributed by atoms with Crippen molar-refractivity contribution < 1.29 is 33.5 Å². The van der Waals surface area contributed by atoms with E-state index in [9.17, 15) is 28.8 Å². The fourth-order valence-corrected chi connectivity index (χ4v) is 10.8. The molecule has 7 rings (SSSR count). The molecular formula is C55H71N9O7S. The zero-order valence-electron chi connectivity index (χ0n) is 42.2. The second-order valence-electron chi connectivity index (χ2n) is 19.4. The van der Waals surface area contributed by atoms with Crippen molar-refractivity contribution >= 4 is 63.0 Å². The van der Waals surface area contributed by atoms with Crippen molar-refractivity contribution in [2.75, 3.05) is 44.9 Å². The molecule has 3 atom stereocenters. The lowest BCUT2D eigenvalue weighted by atomic mass is 9.83. The average molecular weight is 1000 g/mol. The van der Waals surface area contributed by atoms with Gasteiger partial charge in [-0.25, -0.2) is 9.97 Å². The van der Waals surface area contributed by atoms with Gasteiger partial charge in [0.1, 0.15) is 34.2 Å². The number of carbonyl (C=O) groups is 6. The maximum absolute atomic E-state index is 14.3. The summed E-state index contributed by atoms with van der Waals surface area (Å²) in [5, 5.41) is 15.6. The lowest BCUT2D eigenvalue weighted by molar-refractivity contribution is -0.142. The number of likely N-dealkylation sites (tertiary alicyclic amines) is 1. The number of rotatable bonds is 21. The third kappa shape index (κ3) is 14.6. The number of nitrogens with zero attached hydrogens (tertiary/aromatic N) is 4. The van der Waals surface area contributed by atoms with E-state index in [2.05, 4.69) is 37.6 Å². The van der Waals surface area contributed by atoms with Gasteiger partial charge in [0.05, 0.1) is 25.8 Å². The molecule has 384 valence electrons. The van der Waals surface area contributed by atoms with Crippen LogP contribution >= 0.6 is 11.3 Å². The van der Waals surface area contributed by atoms with Gasteiger partial charge in [-0.3, -0.25) is 28.8 Å². The first-order chi connectivity index (χ1) is 34.9. The molecule has 0 radical (unpaired) electrons. The normalized spacial score (nSPS) is 17.2. The van der Waals surface area contributed by atoms with Crippen LogP contribution in [0.2, 0.25) is 0 Å². The maximum atomic E-state index is 14.3. The summed E-state index contributed by atoms with van der Waals surface area (Å²) in [6, 6.07) is 16.7. The van der Waals surface area contributed by atoms with E-state index in [1.165, 1.54) is 32.1 Å². The first kappa shape index (κ1) is 53.3. The molecule has 3 heterocycles. The predicted molar refractivity (Wildman–Crippen MR) is 281 cm³/mol. The minimum atomic E-state index is -0.738. The van der Waals surface area contributed by atoms with Gasteiger partial charge in [-0.2, -0.15) is 0 Å². The third-order valence-electron chi connectivity index (χ3n) is 14.2. The zero-order chi connectivity index (χ0) is 51.0. The van der Waals surface area contributed by atoms with Crippen LogP contribution in [0.3, 0.4) is 0 Å². The molecule has 1 aliphatic heterocycles. The summed E-state index contributed by atoms with van der Waals surface area (Å²) in [4.78, 5) is 93.6. The van der Waals surface area contributed by atoms with Gasteiger partial charge < -0.3 is 41.1 Å². The molecule has 1 saturated heterocycles. The van der Waals surface area contributed by atoms with Crippen molar-refractivity contribution in [2.45, 2.75) is 128 Å². The van der Waals surface area contributed by atoms with Gasteiger partial charge in [-0.1, -0.05) is 117 Å². The summed E-state index contributed by atoms with van der Waals surface area (Å²) < 4.78 is 5.52. The highest BCUT2D eigenvalue weighted by Crippen LogP contribution is 2.37. The first-order valence-corrected chi connectivity index (χ1v) is 26.5. The van der Waals surface area contributed by atoms with E-state index in [0.717, 1.165) is 65.7 Å². The van der Waals surface area contributed by atoms with Crippen LogP contribution in [-0.2, 0) is 36.9 Å². The fraction of sp³-hybridized carbons (Fsp3) is 0.491. The van der Waals surface area contributed by atoms with Crippen molar-refractivity contribution in [2.24, 2.45) is 11.8 Å². The minimum Gasteiger partial charge on any atom is -0.495 e. The standard InChI is InChI=1S/C55H71N9O7S/c1-36(56-2)50(67)60-49(41-23-12-7-13-24-41)54(70)64-30-15-25-44(64)52(69)62-53-48(40-21-10-6-11-22-40)61-55(72-53)59-46(65)26-16-29-63(3)47(66)32-38-19-14-20-39(31-38)34-58-51(68)43-33-42(45(71-4)35-57-43)28-27-37-17-8-5-9-18-37/h6,10-11,14,19-22,27-28,31,33,35-37,41,44,49,56H,5,7-9,12-13,15-18,23-26,29-30,32,34H2,1-4H3,(H,58,68)(H,60,67)(H,62,69)(H,59,61,65)/b28-27+/t36-,44-,49-/m0/s1. The first-order valence-electron chi connectivity index (χ1n) is 25.7. The highest BCUT2D eigenvalue weighted by Gasteiger charge is 2.41. The highest BCUT2D eigenvalue weighted by molar-refractivity contribution is 7.20. The van der Waals surface area contributed by atoms with Crippen LogP contribution < -0.4 is 31.3 Å². The van der Waals surface area contributed by atoms with Crippen molar-refractivity contribution in [3.05, 3.63) is 95.3 Å². The molecule has 2 aliphatic carbocycles. The van der Waals surface area contributed by atoms with Gasteiger partial charge in [0, 0.05) is 44.2 Å². The van der Waals surface area contributed by atoms with Gasteiger partial charge in [-0.15, -0.1) is 0 Å². The molecule has 17 heteroatoms. The molecule has 6 amide bonds. The SMILES string of the molecule is CN[C@@H](C)C(=O)N[C@H](C(=O)N1CCC[C@H]1C(=O)Nc1sc(NC(=O)CCCN(C)C(=O)Cc2cccc(CNC(=O)c3cc(/C=C/C4CCCCC4)c(OC)cn3)c2)nc1-c1ccccc1)C1CCCCC1. The van der Waals surface area contributed by atoms with E-state index in [0.29, 0.717) is 65.5 Å². The van der Waals surface area contributed by atoms with Gasteiger partial charge >= 0.3 is 0 Å². The Bertz CT molecular complexity index is 2540. The number of allylic oxidation sites excluding steroid dienone is 1. The summed E-state index contributed by atoms with van der Waals surface area (Å²) in [5.41, 5.74) is 3.99. The quantitative estimate of drug-likeness (QED) is 0.0549. The summed E-state index contributed by atoms with van der Waals surface area (Å²) in [6.45, 7) is 2.77. The average Bonchev–Trinajstić information content (AvgIpc) is 4.07. The molecule has 2 aromatic carbocycles. The van der Waals surface area contributed by atoms with Gasteiger partial charge in [0.2, 0.25) is 29.5 Å². The Morgan fingerprint density at radius 1 is 0.889 bits per heavy atom. The molecule has 2 saturated carbocycles. The monoisotopic (exact) mass is 1000 g/mol. The van der Waals surface area contributed by atoms with Crippen LogP contribution in [-0.4, -0.2) is 108 Å². The predicted octanol–water partition coefficient (Wildman–Crippen LogP) is 7.76. The smallest absolute Gasteiger partial charge is 0.270 e. The van der Waals surface area contributed by atoms with Crippen LogP contribution in [0.1, 0.15) is 124 Å². The molecule has 3 aliphatic rings. The van der Waals surface area contributed by atoms with Crippen LogP contribution in [0.5, 0.6) is 5.75 Å². The summed E-state index contributed by atoms with van der Waals surface area (Å²) in [7, 11) is 5.01. The van der Waals surface area contributed by atoms with Crippen LogP contribution in [0, 0.1) is 11.8 Å². The Balaban J connectivity index is 0.903. The molecular weight excluding hydrogens is 931 g/mol. The molecule has 0 spiro atoms. The molecule has 5 N–H and O–H groups in total. The van der Waals surface area contributed by atoms with Crippen molar-refractivity contribution in [1.29, 1.82) is 0 Å². The largest absolute Gasteiger partial charge is 0.495 e. The Labute approximate surface area is 427 Å². The number of hydrogen-bond donors (Lipinski definition) is 5. The van der Waals surface area contributed by atoms with Gasteiger partial charge in [-0.05, 0) is 87.9 Å². The molecule has 72 heavy (non-hydrogen) atoms. The molecule has 2 aromatic heterocycles. The van der Waals surface area contributed by atoms with E-state index in [4.69, 9.17) is 9.72 Å². The van der Waals surface area contributed by atoms with Crippen LogP contribution in [0.15, 0.2) is 72.9 Å². The van der Waals surface area contributed by atoms with E-state index in [1.807, 2.05) is 60.7 Å². The van der Waals surface area contributed by atoms with Crippen molar-refractivity contribution in [3.8, 4) is 17.0 Å². The summed E-state index contributed by atoms with van der Waals surface area (Å²) in [6.07, 6.45) is 18.5. The number of aromatic nitrogens is 2. The van der Waals surface area contributed by atoms with Crippen molar-refractivity contribution in [1.82, 2.24) is 35.7 Å². The number of hydrogen-bond acceptors (Lipinski definition) is 11. The molecule has 4 aromatic rings. The van der Waals surface area contributed by atoms with Crippen LogP contribution in [0.4, 0.5) is 10.1 Å². The van der Waals surface area contributed by atoms with Crippen LogP contribution in [0.25, 0.3) is 17.3 Å². The van der Waals surface area contributed by atoms with Gasteiger partial charge in [0.25, 0.3) is 5.91 Å². The lowest BCUT2D eigenvalue weighted by Crippen LogP contribution is -2.57. The minimum absolute atomic E-state index is 0.00348. The maximum Gasteiger partial charge on any atom is 0.270 e.